The van der Waals surface area contributed by atoms with E-state index in [1.54, 1.807) is 7.11 Å². The van der Waals surface area contributed by atoms with Gasteiger partial charge >= 0.3 is 0 Å². The molecule has 2 aliphatic carbocycles. The maximum atomic E-state index is 12.0. The van der Waals surface area contributed by atoms with Crippen LogP contribution in [0.4, 0.5) is 5.82 Å². The highest BCUT2D eigenvalue weighted by molar-refractivity contribution is 5.76. The first-order valence-corrected chi connectivity index (χ1v) is 9.45. The molecule has 1 amide bonds. The zero-order valence-electron chi connectivity index (χ0n) is 15.7. The van der Waals surface area contributed by atoms with Gasteiger partial charge in [-0.25, -0.2) is 9.97 Å². The van der Waals surface area contributed by atoms with Crippen LogP contribution in [-0.2, 0) is 22.4 Å². The molecule has 1 aromatic heterocycles. The van der Waals surface area contributed by atoms with E-state index in [0.717, 1.165) is 24.5 Å². The zero-order valence-corrected chi connectivity index (χ0v) is 15.7. The lowest BCUT2D eigenvalue weighted by Crippen LogP contribution is -2.44. The summed E-state index contributed by atoms with van der Waals surface area (Å²) in [5, 5.41) is 3.08. The molecule has 1 heterocycles. The fourth-order valence-corrected chi connectivity index (χ4v) is 3.75. The van der Waals surface area contributed by atoms with Crippen molar-refractivity contribution in [3.63, 3.8) is 0 Å². The average Bonchev–Trinajstić information content (AvgIpc) is 3.44. The van der Waals surface area contributed by atoms with Crippen molar-refractivity contribution in [3.8, 4) is 0 Å². The first-order valence-electron chi connectivity index (χ1n) is 9.45. The van der Waals surface area contributed by atoms with Crippen molar-refractivity contribution in [2.75, 3.05) is 32.2 Å². The summed E-state index contributed by atoms with van der Waals surface area (Å²) in [4.78, 5) is 23.7. The van der Waals surface area contributed by atoms with Crippen molar-refractivity contribution in [1.29, 1.82) is 0 Å². The molecular formula is C19H30N4O2. The van der Waals surface area contributed by atoms with Gasteiger partial charge in [0.15, 0.2) is 0 Å². The number of ether oxygens (including phenoxy) is 1. The number of hydrogen-bond donors (Lipinski definition) is 1. The molecule has 0 spiro atoms. The first kappa shape index (κ1) is 18.1. The molecule has 0 aromatic carbocycles. The number of aryl methyl sites for hydroxylation is 2. The Labute approximate surface area is 150 Å². The van der Waals surface area contributed by atoms with Crippen LogP contribution in [0.25, 0.3) is 0 Å². The van der Waals surface area contributed by atoms with E-state index in [9.17, 15) is 4.79 Å². The second kappa shape index (κ2) is 8.13. The molecule has 1 saturated carbocycles. The van der Waals surface area contributed by atoms with Crippen LogP contribution < -0.4 is 10.2 Å². The van der Waals surface area contributed by atoms with Gasteiger partial charge in [0.2, 0.25) is 5.91 Å². The van der Waals surface area contributed by atoms with Crippen molar-refractivity contribution in [2.24, 2.45) is 5.92 Å². The molecule has 6 nitrogen and oxygen atoms in total. The first-order chi connectivity index (χ1) is 12.1. The average molecular weight is 346 g/mol. The van der Waals surface area contributed by atoms with Crippen molar-refractivity contribution in [1.82, 2.24) is 15.3 Å². The Bertz CT molecular complexity index is 616. The number of methoxy groups -OCH3 is 1. The Morgan fingerprint density at radius 2 is 2.08 bits per heavy atom. The topological polar surface area (TPSA) is 67.3 Å². The predicted octanol–water partition coefficient (Wildman–Crippen LogP) is 2.03. The molecule has 0 radical (unpaired) electrons. The highest BCUT2D eigenvalue weighted by Gasteiger charge is 2.36. The minimum Gasteiger partial charge on any atom is -0.384 e. The van der Waals surface area contributed by atoms with Crippen LogP contribution in [0.3, 0.4) is 0 Å². The second-order valence-corrected chi connectivity index (χ2v) is 7.29. The van der Waals surface area contributed by atoms with Crippen molar-refractivity contribution in [3.05, 3.63) is 17.1 Å². The molecule has 25 heavy (non-hydrogen) atoms. The maximum absolute atomic E-state index is 12.0. The number of rotatable bonds is 8. The highest BCUT2D eigenvalue weighted by Crippen LogP contribution is 2.37. The van der Waals surface area contributed by atoms with E-state index in [1.165, 1.54) is 36.9 Å². The maximum Gasteiger partial charge on any atom is 0.222 e. The van der Waals surface area contributed by atoms with E-state index < -0.39 is 0 Å². The lowest BCUT2D eigenvalue weighted by Gasteiger charge is -2.32. The van der Waals surface area contributed by atoms with E-state index in [-0.39, 0.29) is 5.91 Å². The van der Waals surface area contributed by atoms with E-state index in [4.69, 9.17) is 9.72 Å². The molecule has 1 atom stereocenters. The molecule has 138 valence electrons. The number of nitrogens with zero attached hydrogens (tertiary/aromatic N) is 3. The summed E-state index contributed by atoms with van der Waals surface area (Å²) in [6, 6.07) is 0.298. The van der Waals surface area contributed by atoms with Gasteiger partial charge in [-0.05, 0) is 51.4 Å². The van der Waals surface area contributed by atoms with Gasteiger partial charge in [-0.1, -0.05) is 0 Å². The predicted molar refractivity (Wildman–Crippen MR) is 97.8 cm³/mol. The Morgan fingerprint density at radius 3 is 2.80 bits per heavy atom. The lowest BCUT2D eigenvalue weighted by molar-refractivity contribution is -0.122. The second-order valence-electron chi connectivity index (χ2n) is 7.29. The Kier molecular flexibility index (Phi) is 5.89. The number of carbonyl (C=O) groups excluding carboxylic acids is 1. The molecule has 1 unspecified atom stereocenters. The molecule has 3 rings (SSSR count). The minimum absolute atomic E-state index is 0.0572. The van der Waals surface area contributed by atoms with Gasteiger partial charge in [0.25, 0.3) is 0 Å². The van der Waals surface area contributed by atoms with Crippen molar-refractivity contribution in [2.45, 2.75) is 57.9 Å². The lowest BCUT2D eigenvalue weighted by atomic mass is 9.95. The van der Waals surface area contributed by atoms with Crippen LogP contribution in [0, 0.1) is 12.8 Å². The number of aromatic nitrogens is 2. The summed E-state index contributed by atoms with van der Waals surface area (Å²) in [6.45, 7) is 3.11. The summed E-state index contributed by atoms with van der Waals surface area (Å²) < 4.78 is 4.98. The smallest absolute Gasteiger partial charge is 0.222 e. The molecule has 1 N–H and O–H groups in total. The van der Waals surface area contributed by atoms with Crippen LogP contribution in [0.1, 0.15) is 49.2 Å². The van der Waals surface area contributed by atoms with Crippen LogP contribution in [0.5, 0.6) is 0 Å². The van der Waals surface area contributed by atoms with Crippen LogP contribution in [0.2, 0.25) is 0 Å². The Hall–Kier alpha value is -1.69. The summed E-state index contributed by atoms with van der Waals surface area (Å²) in [6.07, 6.45) is 7.43. The van der Waals surface area contributed by atoms with Gasteiger partial charge < -0.3 is 15.0 Å². The third-order valence-electron chi connectivity index (χ3n) is 5.31. The third-order valence-corrected chi connectivity index (χ3v) is 5.31. The monoisotopic (exact) mass is 346 g/mol. The summed E-state index contributed by atoms with van der Waals surface area (Å²) >= 11 is 0. The van der Waals surface area contributed by atoms with E-state index in [2.05, 4.69) is 22.2 Å². The molecule has 0 saturated heterocycles. The molecule has 2 aliphatic rings. The van der Waals surface area contributed by atoms with Crippen LogP contribution >= 0.6 is 0 Å². The largest absolute Gasteiger partial charge is 0.384 e. The highest BCUT2D eigenvalue weighted by atomic mass is 16.5. The molecular weight excluding hydrogens is 316 g/mol. The molecule has 6 heteroatoms. The molecule has 1 fully saturated rings. The number of amides is 1. The van der Waals surface area contributed by atoms with Gasteiger partial charge in [0.1, 0.15) is 11.6 Å². The number of likely N-dealkylation sites (N-methyl/N-ethyl adjacent to an activating group) is 1. The SMILES string of the molecule is COCCC(=O)NCC(C1CC1)N(C)c1nc(C)nc2c1CCCC2. The fourth-order valence-electron chi connectivity index (χ4n) is 3.75. The molecule has 0 bridgehead atoms. The normalized spacial score (nSPS) is 17.7. The minimum atomic E-state index is 0.0572. The number of fused-ring (bicyclic) bond motifs is 1. The van der Waals surface area contributed by atoms with Gasteiger partial charge in [0, 0.05) is 38.4 Å². The number of anilines is 1. The summed E-state index contributed by atoms with van der Waals surface area (Å²) in [5.41, 5.74) is 2.54. The molecule has 0 aliphatic heterocycles. The Balaban J connectivity index is 1.74. The van der Waals surface area contributed by atoms with E-state index >= 15 is 0 Å². The number of hydrogen-bond acceptors (Lipinski definition) is 5. The van der Waals surface area contributed by atoms with Gasteiger partial charge in [-0.2, -0.15) is 0 Å². The molecule has 1 aromatic rings. The summed E-state index contributed by atoms with van der Waals surface area (Å²) in [7, 11) is 3.75. The van der Waals surface area contributed by atoms with Gasteiger partial charge in [-0.15, -0.1) is 0 Å². The fraction of sp³-hybridized carbons (Fsp3) is 0.737. The van der Waals surface area contributed by atoms with Crippen LogP contribution in [0.15, 0.2) is 0 Å². The van der Waals surface area contributed by atoms with E-state index in [0.29, 0.717) is 31.5 Å². The zero-order chi connectivity index (χ0) is 17.8. The number of carbonyl (C=O) groups is 1. The van der Waals surface area contributed by atoms with Gasteiger partial charge in [0.05, 0.1) is 12.6 Å². The van der Waals surface area contributed by atoms with Crippen LogP contribution in [-0.4, -0.2) is 49.2 Å². The quantitative estimate of drug-likeness (QED) is 0.780. The van der Waals surface area contributed by atoms with E-state index in [1.807, 2.05) is 6.92 Å². The summed E-state index contributed by atoms with van der Waals surface area (Å²) in [5.74, 6) is 2.62. The van der Waals surface area contributed by atoms with Gasteiger partial charge in [-0.3, -0.25) is 4.79 Å². The number of nitrogens with one attached hydrogen (secondary N) is 1. The standard InChI is InChI=1S/C19H30N4O2/c1-13-21-16-7-5-4-6-15(16)19(22-13)23(2)17(14-8-9-14)12-20-18(24)10-11-25-3/h14,17H,4-12H2,1-3H3,(H,20,24). The van der Waals surface area contributed by atoms with Crippen molar-refractivity contribution < 1.29 is 9.53 Å². The van der Waals surface area contributed by atoms with Crippen molar-refractivity contribution >= 4 is 11.7 Å². The Morgan fingerprint density at radius 1 is 1.32 bits per heavy atom. The third kappa shape index (κ3) is 4.48.